The number of rotatable bonds is 1. The van der Waals surface area contributed by atoms with Crippen LogP contribution in [0.1, 0.15) is 11.1 Å². The summed E-state index contributed by atoms with van der Waals surface area (Å²) < 4.78 is 0. The van der Waals surface area contributed by atoms with E-state index in [1.807, 2.05) is 78.9 Å². The van der Waals surface area contributed by atoms with Crippen LogP contribution in [-0.2, 0) is 0 Å². The van der Waals surface area contributed by atoms with Gasteiger partial charge in [0.25, 0.3) is 0 Å². The van der Waals surface area contributed by atoms with Gasteiger partial charge in [0.2, 0.25) is 0 Å². The lowest BCUT2D eigenvalue weighted by Crippen LogP contribution is -2.10. The van der Waals surface area contributed by atoms with Crippen molar-refractivity contribution in [3.63, 3.8) is 0 Å². The van der Waals surface area contributed by atoms with Crippen LogP contribution in [0.3, 0.4) is 0 Å². The monoisotopic (exact) mass is 354 g/mol. The van der Waals surface area contributed by atoms with E-state index in [1.54, 1.807) is 0 Å². The molecule has 0 bridgehead atoms. The molecule has 1 aromatic heterocycles. The second-order valence-corrected chi connectivity index (χ2v) is 6.16. The zero-order valence-corrected chi connectivity index (χ0v) is 14.5. The third-order valence-corrected chi connectivity index (χ3v) is 4.37. The van der Waals surface area contributed by atoms with Crippen molar-refractivity contribution in [3.05, 3.63) is 90.0 Å². The molecule has 0 fully saturated rings. The number of aromatic nitrogens is 1. The minimum Gasteiger partial charge on any atom is -0.494 e. The van der Waals surface area contributed by atoms with Gasteiger partial charge in [-0.2, -0.15) is 0 Å². The van der Waals surface area contributed by atoms with Gasteiger partial charge in [-0.05, 0) is 24.3 Å². The summed E-state index contributed by atoms with van der Waals surface area (Å²) in [5.41, 5.74) is 10.1. The Morgan fingerprint density at radius 2 is 1.52 bits per heavy atom. The quantitative estimate of drug-likeness (QED) is 0.374. The van der Waals surface area contributed by atoms with Crippen LogP contribution in [0, 0.1) is 5.41 Å². The number of nitrogen functional groups attached to an aromatic ring is 1. The number of nitrogens with one attached hydrogen (secondary N) is 2. The molecule has 0 radical (unpaired) electrons. The average molecular weight is 354 g/mol. The van der Waals surface area contributed by atoms with Crippen molar-refractivity contribution in [2.24, 2.45) is 4.99 Å². The lowest BCUT2D eigenvalue weighted by Gasteiger charge is -2.01. The van der Waals surface area contributed by atoms with E-state index in [2.05, 4.69) is 9.98 Å². The minimum atomic E-state index is 0.0579. The average Bonchev–Trinajstić information content (AvgIpc) is 3.19. The molecular formula is C22H18N4O. The molecule has 5 heteroatoms. The molecule has 1 aliphatic rings. The van der Waals surface area contributed by atoms with Gasteiger partial charge in [-0.1, -0.05) is 54.6 Å². The zero-order valence-electron chi connectivity index (χ0n) is 14.5. The normalized spacial score (nSPS) is 12.3. The zero-order chi connectivity index (χ0) is 18.8. The van der Waals surface area contributed by atoms with E-state index in [9.17, 15) is 5.11 Å². The van der Waals surface area contributed by atoms with Gasteiger partial charge in [0.15, 0.2) is 5.88 Å². The van der Waals surface area contributed by atoms with Crippen molar-refractivity contribution < 1.29 is 5.11 Å². The van der Waals surface area contributed by atoms with Gasteiger partial charge < -0.3 is 15.8 Å². The number of hydrogen-bond acceptors (Lipinski definition) is 4. The van der Waals surface area contributed by atoms with E-state index < -0.39 is 0 Å². The molecule has 0 unspecified atom stereocenters. The highest BCUT2D eigenvalue weighted by atomic mass is 16.3. The Labute approximate surface area is 156 Å². The predicted molar refractivity (Wildman–Crippen MR) is 110 cm³/mol. The van der Waals surface area contributed by atoms with Gasteiger partial charge >= 0.3 is 0 Å². The summed E-state index contributed by atoms with van der Waals surface area (Å²) in [4.78, 5) is 7.43. The first kappa shape index (κ1) is 16.6. The maximum Gasteiger partial charge on any atom is 0.199 e. The number of aromatic hydroxyl groups is 1. The molecule has 0 saturated heterocycles. The van der Waals surface area contributed by atoms with Gasteiger partial charge in [-0.15, -0.1) is 0 Å². The SMILES string of the molecule is N=C1C(c2c(O)[nH]c3ccccc23)=Nc2ccccc21.Nc1ccccc1. The van der Waals surface area contributed by atoms with Crippen LogP contribution in [0.5, 0.6) is 5.88 Å². The molecule has 0 amide bonds. The molecule has 2 heterocycles. The number of aliphatic imine (C=N–C) groups is 1. The minimum absolute atomic E-state index is 0.0579. The number of para-hydroxylation sites is 3. The number of aromatic amines is 1. The fourth-order valence-electron chi connectivity index (χ4n) is 3.09. The summed E-state index contributed by atoms with van der Waals surface area (Å²) in [6, 6.07) is 24.6. The van der Waals surface area contributed by atoms with Gasteiger partial charge in [-0.3, -0.25) is 5.41 Å². The number of hydrogen-bond donors (Lipinski definition) is 4. The van der Waals surface area contributed by atoms with Gasteiger partial charge in [0.1, 0.15) is 5.71 Å². The first-order valence-corrected chi connectivity index (χ1v) is 8.52. The Balaban J connectivity index is 0.000000218. The Bertz CT molecular complexity index is 1160. The van der Waals surface area contributed by atoms with Crippen LogP contribution >= 0.6 is 0 Å². The van der Waals surface area contributed by atoms with E-state index in [4.69, 9.17) is 11.1 Å². The number of nitrogens with two attached hydrogens (primary N) is 1. The molecule has 3 aromatic carbocycles. The lowest BCUT2D eigenvalue weighted by atomic mass is 10.0. The number of benzene rings is 3. The van der Waals surface area contributed by atoms with E-state index >= 15 is 0 Å². The molecule has 132 valence electrons. The van der Waals surface area contributed by atoms with Crippen LogP contribution in [-0.4, -0.2) is 21.5 Å². The summed E-state index contributed by atoms with van der Waals surface area (Å²) in [5.74, 6) is 0.0579. The summed E-state index contributed by atoms with van der Waals surface area (Å²) in [6.07, 6.45) is 0. The predicted octanol–water partition coefficient (Wildman–Crippen LogP) is 4.64. The van der Waals surface area contributed by atoms with Crippen LogP contribution in [0.15, 0.2) is 83.9 Å². The first-order chi connectivity index (χ1) is 13.1. The maximum atomic E-state index is 10.2. The van der Waals surface area contributed by atoms with Crippen LogP contribution < -0.4 is 5.73 Å². The second kappa shape index (κ2) is 6.80. The van der Waals surface area contributed by atoms with Crippen molar-refractivity contribution in [1.29, 1.82) is 5.41 Å². The highest BCUT2D eigenvalue weighted by Gasteiger charge is 2.26. The van der Waals surface area contributed by atoms with Crippen molar-refractivity contribution in [2.75, 3.05) is 5.73 Å². The van der Waals surface area contributed by atoms with Crippen molar-refractivity contribution >= 4 is 33.7 Å². The van der Waals surface area contributed by atoms with Gasteiger partial charge in [0, 0.05) is 22.2 Å². The molecule has 1 aliphatic heterocycles. The molecule has 5 rings (SSSR count). The van der Waals surface area contributed by atoms with Crippen LogP contribution in [0.25, 0.3) is 10.9 Å². The standard InChI is InChI=1S/C16H11N3O.C6H7N/c17-14-10-6-2-4-8-12(10)18-15(14)13-9-5-1-3-7-11(9)19-16(13)20;7-6-4-2-1-3-5-6/h1-8,17,19-20H;1-5H,7H2. The highest BCUT2D eigenvalue weighted by Crippen LogP contribution is 2.34. The summed E-state index contributed by atoms with van der Waals surface area (Å²) in [7, 11) is 0. The maximum absolute atomic E-state index is 10.2. The molecule has 0 aliphatic carbocycles. The number of fused-ring (bicyclic) bond motifs is 2. The molecule has 0 saturated carbocycles. The summed E-state index contributed by atoms with van der Waals surface area (Å²) >= 11 is 0. The molecule has 5 nitrogen and oxygen atoms in total. The topological polar surface area (TPSA) is 98.2 Å². The largest absolute Gasteiger partial charge is 0.494 e. The molecule has 27 heavy (non-hydrogen) atoms. The summed E-state index contributed by atoms with van der Waals surface area (Å²) in [5, 5.41) is 19.3. The third kappa shape index (κ3) is 3.06. The molecular weight excluding hydrogens is 336 g/mol. The van der Waals surface area contributed by atoms with E-state index in [-0.39, 0.29) is 5.88 Å². The highest BCUT2D eigenvalue weighted by molar-refractivity contribution is 6.57. The van der Waals surface area contributed by atoms with E-state index in [0.29, 0.717) is 17.0 Å². The first-order valence-electron chi connectivity index (χ1n) is 8.52. The third-order valence-electron chi connectivity index (χ3n) is 4.37. The fraction of sp³-hybridized carbons (Fsp3) is 0. The fourth-order valence-corrected chi connectivity index (χ4v) is 3.09. The van der Waals surface area contributed by atoms with E-state index in [0.717, 1.165) is 27.8 Å². The molecule has 4 aromatic rings. The number of nitrogens with zero attached hydrogens (tertiary/aromatic N) is 1. The Hall–Kier alpha value is -3.86. The summed E-state index contributed by atoms with van der Waals surface area (Å²) in [6.45, 7) is 0. The van der Waals surface area contributed by atoms with Gasteiger partial charge in [-0.25, -0.2) is 4.99 Å². The smallest absolute Gasteiger partial charge is 0.199 e. The molecule has 0 spiro atoms. The Kier molecular flexibility index (Phi) is 4.18. The lowest BCUT2D eigenvalue weighted by molar-refractivity contribution is 0.457. The van der Waals surface area contributed by atoms with Crippen molar-refractivity contribution in [3.8, 4) is 5.88 Å². The Morgan fingerprint density at radius 3 is 2.22 bits per heavy atom. The Morgan fingerprint density at radius 1 is 0.852 bits per heavy atom. The van der Waals surface area contributed by atoms with Gasteiger partial charge in [0.05, 0.1) is 17.0 Å². The van der Waals surface area contributed by atoms with E-state index in [1.165, 1.54) is 0 Å². The molecule has 0 atom stereocenters. The van der Waals surface area contributed by atoms with Crippen LogP contribution in [0.4, 0.5) is 11.4 Å². The van der Waals surface area contributed by atoms with Crippen LogP contribution in [0.2, 0.25) is 0 Å². The second-order valence-electron chi connectivity index (χ2n) is 6.16. The number of anilines is 1. The number of H-pyrrole nitrogens is 1. The molecule has 5 N–H and O–H groups in total. The van der Waals surface area contributed by atoms with Crippen molar-refractivity contribution in [1.82, 2.24) is 4.98 Å². The van der Waals surface area contributed by atoms with Crippen molar-refractivity contribution in [2.45, 2.75) is 0 Å².